The number of carbonyl (C=O) groups is 3. The van der Waals surface area contributed by atoms with Crippen molar-refractivity contribution in [1.29, 1.82) is 0 Å². The van der Waals surface area contributed by atoms with E-state index in [4.69, 9.17) is 14.2 Å². The number of para-hydroxylation sites is 2. The fraction of sp³-hybridized carbons (Fsp3) is 0.190. The van der Waals surface area contributed by atoms with Gasteiger partial charge in [0.2, 0.25) is 0 Å². The summed E-state index contributed by atoms with van der Waals surface area (Å²) in [6.07, 6.45) is 1.59. The first kappa shape index (κ1) is 21.3. The zero-order valence-corrected chi connectivity index (χ0v) is 17.4. The van der Waals surface area contributed by atoms with Crippen molar-refractivity contribution in [2.24, 2.45) is 0 Å². The Bertz CT molecular complexity index is 1020. The van der Waals surface area contributed by atoms with Crippen molar-refractivity contribution >= 4 is 40.6 Å². The van der Waals surface area contributed by atoms with Gasteiger partial charge in [0.1, 0.15) is 5.75 Å². The van der Waals surface area contributed by atoms with Gasteiger partial charge in [-0.1, -0.05) is 18.2 Å². The number of benzene rings is 2. The Balaban J connectivity index is 1.85. The third kappa shape index (κ3) is 4.41. The highest BCUT2D eigenvalue weighted by atomic mass is 32.2. The summed E-state index contributed by atoms with van der Waals surface area (Å²) in [4.78, 5) is 38.0. The maximum atomic E-state index is 12.9. The molecule has 0 unspecified atom stereocenters. The van der Waals surface area contributed by atoms with E-state index in [2.05, 4.69) is 4.74 Å². The standard InChI is InChI=1S/C21H19NO7S/c1-26-15-7-5-4-6-14(15)22-20(24)18(30-21(22)25)11-13-8-9-16(17(10-13)27-2)29-12-19(23)28-3/h4-11H,12H2,1-3H3. The predicted molar refractivity (Wildman–Crippen MR) is 112 cm³/mol. The van der Waals surface area contributed by atoms with E-state index in [-0.39, 0.29) is 11.5 Å². The summed E-state index contributed by atoms with van der Waals surface area (Å²) in [5.41, 5.74) is 1.01. The first-order valence-corrected chi connectivity index (χ1v) is 9.58. The number of hydrogen-bond donors (Lipinski definition) is 0. The molecular weight excluding hydrogens is 410 g/mol. The average molecular weight is 429 g/mol. The monoisotopic (exact) mass is 429 g/mol. The van der Waals surface area contributed by atoms with Gasteiger partial charge in [-0.2, -0.15) is 0 Å². The molecule has 1 saturated heterocycles. The van der Waals surface area contributed by atoms with Crippen LogP contribution in [-0.4, -0.2) is 45.1 Å². The fourth-order valence-electron chi connectivity index (χ4n) is 2.73. The van der Waals surface area contributed by atoms with Gasteiger partial charge in [-0.3, -0.25) is 9.59 Å². The Hall–Kier alpha value is -3.46. The van der Waals surface area contributed by atoms with Gasteiger partial charge in [0, 0.05) is 0 Å². The van der Waals surface area contributed by atoms with Crippen molar-refractivity contribution in [3.05, 3.63) is 52.9 Å². The van der Waals surface area contributed by atoms with Crippen LogP contribution in [0.2, 0.25) is 0 Å². The Morgan fingerprint density at radius 2 is 1.73 bits per heavy atom. The lowest BCUT2D eigenvalue weighted by Crippen LogP contribution is -2.28. The second kappa shape index (κ2) is 9.36. The van der Waals surface area contributed by atoms with Crippen LogP contribution in [0.5, 0.6) is 17.2 Å². The van der Waals surface area contributed by atoms with Gasteiger partial charge >= 0.3 is 5.97 Å². The van der Waals surface area contributed by atoms with Crippen LogP contribution >= 0.6 is 11.8 Å². The summed E-state index contributed by atoms with van der Waals surface area (Å²) in [7, 11) is 4.20. The van der Waals surface area contributed by atoms with E-state index >= 15 is 0 Å². The molecule has 3 rings (SSSR count). The zero-order valence-electron chi connectivity index (χ0n) is 16.5. The molecule has 0 radical (unpaired) electrons. The van der Waals surface area contributed by atoms with Crippen LogP contribution in [0.1, 0.15) is 5.56 Å². The van der Waals surface area contributed by atoms with E-state index < -0.39 is 17.1 Å². The third-order valence-corrected chi connectivity index (χ3v) is 5.05. The maximum Gasteiger partial charge on any atom is 0.343 e. The Morgan fingerprint density at radius 3 is 2.43 bits per heavy atom. The van der Waals surface area contributed by atoms with E-state index in [9.17, 15) is 14.4 Å². The molecule has 2 amide bonds. The molecule has 1 aliphatic rings. The molecule has 30 heavy (non-hydrogen) atoms. The molecule has 1 heterocycles. The van der Waals surface area contributed by atoms with Gasteiger partial charge in [0.25, 0.3) is 11.1 Å². The molecule has 0 bridgehead atoms. The third-order valence-electron chi connectivity index (χ3n) is 4.18. The highest BCUT2D eigenvalue weighted by Gasteiger charge is 2.37. The lowest BCUT2D eigenvalue weighted by atomic mass is 10.1. The van der Waals surface area contributed by atoms with Gasteiger partial charge in [-0.15, -0.1) is 0 Å². The van der Waals surface area contributed by atoms with E-state index in [1.165, 1.54) is 21.3 Å². The van der Waals surface area contributed by atoms with Gasteiger partial charge in [0.05, 0.1) is 31.9 Å². The van der Waals surface area contributed by atoms with Crippen LogP contribution < -0.4 is 19.1 Å². The normalized spacial score (nSPS) is 14.8. The molecule has 1 aliphatic heterocycles. The second-order valence-corrected chi connectivity index (χ2v) is 6.96. The quantitative estimate of drug-likeness (QED) is 0.488. The van der Waals surface area contributed by atoms with Crippen molar-refractivity contribution in [1.82, 2.24) is 0 Å². The number of carbonyl (C=O) groups excluding carboxylic acids is 3. The number of nitrogens with zero attached hydrogens (tertiary/aromatic N) is 1. The van der Waals surface area contributed by atoms with Crippen molar-refractivity contribution < 1.29 is 33.3 Å². The highest BCUT2D eigenvalue weighted by Crippen LogP contribution is 2.40. The Labute approximate surface area is 177 Å². The van der Waals surface area contributed by atoms with Crippen molar-refractivity contribution in [3.8, 4) is 17.2 Å². The van der Waals surface area contributed by atoms with Crippen LogP contribution in [0.25, 0.3) is 6.08 Å². The first-order chi connectivity index (χ1) is 14.5. The number of anilines is 1. The minimum absolute atomic E-state index is 0.260. The van der Waals surface area contributed by atoms with Gasteiger partial charge in [-0.05, 0) is 47.7 Å². The second-order valence-electron chi connectivity index (χ2n) is 5.96. The topological polar surface area (TPSA) is 91.4 Å². The maximum absolute atomic E-state index is 12.9. The number of amides is 2. The molecule has 2 aromatic carbocycles. The number of hydrogen-bond acceptors (Lipinski definition) is 8. The van der Waals surface area contributed by atoms with E-state index in [0.717, 1.165) is 16.7 Å². The fourth-order valence-corrected chi connectivity index (χ4v) is 3.56. The summed E-state index contributed by atoms with van der Waals surface area (Å²) in [6, 6.07) is 11.7. The lowest BCUT2D eigenvalue weighted by Gasteiger charge is -2.15. The van der Waals surface area contributed by atoms with Crippen LogP contribution in [0.4, 0.5) is 10.5 Å². The number of methoxy groups -OCH3 is 3. The van der Waals surface area contributed by atoms with Crippen molar-refractivity contribution in [2.45, 2.75) is 0 Å². The predicted octanol–water partition coefficient (Wildman–Crippen LogP) is 3.50. The van der Waals surface area contributed by atoms with Gasteiger partial charge in [-0.25, -0.2) is 9.69 Å². The molecule has 0 atom stereocenters. The average Bonchev–Trinajstić information content (AvgIpc) is 3.04. The number of esters is 1. The molecule has 9 heteroatoms. The molecule has 1 fully saturated rings. The summed E-state index contributed by atoms with van der Waals surface area (Å²) >= 11 is 0.835. The molecule has 156 valence electrons. The lowest BCUT2D eigenvalue weighted by molar-refractivity contribution is -0.142. The molecule has 0 aromatic heterocycles. The zero-order chi connectivity index (χ0) is 21.7. The number of rotatable bonds is 7. The van der Waals surface area contributed by atoms with Crippen molar-refractivity contribution in [3.63, 3.8) is 0 Å². The SMILES string of the molecule is COC(=O)COc1ccc(C=C2SC(=O)N(c3ccccc3OC)C2=O)cc1OC. The minimum Gasteiger partial charge on any atom is -0.495 e. The van der Waals surface area contributed by atoms with Crippen LogP contribution in [0, 0.1) is 0 Å². The van der Waals surface area contributed by atoms with Gasteiger partial charge in [0.15, 0.2) is 18.1 Å². The number of imide groups is 1. The summed E-state index contributed by atoms with van der Waals surface area (Å²) in [6.45, 7) is -0.260. The van der Waals surface area contributed by atoms with Crippen LogP contribution in [-0.2, 0) is 14.3 Å². The molecule has 0 aliphatic carbocycles. The molecule has 0 N–H and O–H groups in total. The Kier molecular flexibility index (Phi) is 6.63. The highest BCUT2D eigenvalue weighted by molar-refractivity contribution is 8.19. The van der Waals surface area contributed by atoms with Crippen LogP contribution in [0.15, 0.2) is 47.4 Å². The molecule has 0 spiro atoms. The minimum atomic E-state index is -0.522. The number of thioether (sulfide) groups is 1. The summed E-state index contributed by atoms with van der Waals surface area (Å²) in [5.74, 6) is 0.180. The van der Waals surface area contributed by atoms with Crippen LogP contribution in [0.3, 0.4) is 0 Å². The number of ether oxygens (including phenoxy) is 4. The molecule has 0 saturated carbocycles. The molecule has 8 nitrogen and oxygen atoms in total. The first-order valence-electron chi connectivity index (χ1n) is 8.77. The van der Waals surface area contributed by atoms with E-state index in [1.807, 2.05) is 0 Å². The summed E-state index contributed by atoms with van der Waals surface area (Å²) in [5, 5.41) is -0.416. The molecular formula is C21H19NO7S. The van der Waals surface area contributed by atoms with E-state index in [1.54, 1.807) is 48.5 Å². The Morgan fingerprint density at radius 1 is 1.00 bits per heavy atom. The molecule has 2 aromatic rings. The largest absolute Gasteiger partial charge is 0.495 e. The van der Waals surface area contributed by atoms with E-state index in [0.29, 0.717) is 28.5 Å². The van der Waals surface area contributed by atoms with Crippen molar-refractivity contribution in [2.75, 3.05) is 32.8 Å². The summed E-state index contributed by atoms with van der Waals surface area (Å²) < 4.78 is 20.5. The van der Waals surface area contributed by atoms with Gasteiger partial charge < -0.3 is 18.9 Å². The smallest absolute Gasteiger partial charge is 0.343 e.